The Bertz CT molecular complexity index is 2280. The lowest BCUT2D eigenvalue weighted by Crippen LogP contribution is -1.93. The van der Waals surface area contributed by atoms with Gasteiger partial charge in [0.2, 0.25) is 0 Å². The maximum atomic E-state index is 9.80. The number of aromatic nitrogens is 4. The fraction of sp³-hybridized carbons (Fsp3) is 0.0667. The molecule has 0 aliphatic heterocycles. The number of thiophene rings is 4. The SMILES string of the molecule is Cn1c2cc(/C=C(\C#N)c3cccs3)sc2c2c3nsnc3c3c4sc(/C=C(\C#N)c5cccs5)cc4n(C)c3c21. The number of fused-ring (bicyclic) bond motifs is 10. The fourth-order valence-corrected chi connectivity index (χ4v) is 9.87. The molecule has 41 heavy (non-hydrogen) atoms. The molecule has 0 N–H and O–H groups in total. The minimum absolute atomic E-state index is 0.671. The summed E-state index contributed by atoms with van der Waals surface area (Å²) in [5.41, 5.74) is 7.66. The Kier molecular flexibility index (Phi) is 5.54. The molecule has 196 valence electrons. The molecule has 0 bridgehead atoms. The van der Waals surface area contributed by atoms with Crippen molar-refractivity contribution in [3.8, 4) is 12.1 Å². The highest BCUT2D eigenvalue weighted by atomic mass is 32.1. The first-order valence-electron chi connectivity index (χ1n) is 12.5. The average Bonchev–Trinajstić information content (AvgIpc) is 3.80. The van der Waals surface area contributed by atoms with E-state index in [4.69, 9.17) is 8.75 Å². The van der Waals surface area contributed by atoms with Gasteiger partial charge in [-0.15, -0.1) is 45.3 Å². The lowest BCUT2D eigenvalue weighted by atomic mass is 10.1. The van der Waals surface area contributed by atoms with E-state index in [9.17, 15) is 10.5 Å². The van der Waals surface area contributed by atoms with Gasteiger partial charge in [0.05, 0.1) is 54.3 Å². The van der Waals surface area contributed by atoms with Gasteiger partial charge in [0.15, 0.2) is 0 Å². The number of nitrogens with zero attached hydrogens (tertiary/aromatic N) is 6. The van der Waals surface area contributed by atoms with Crippen molar-refractivity contribution in [1.82, 2.24) is 17.9 Å². The second-order valence-corrected chi connectivity index (χ2v) is 14.1. The highest BCUT2D eigenvalue weighted by Crippen LogP contribution is 2.47. The summed E-state index contributed by atoms with van der Waals surface area (Å²) < 4.78 is 16.4. The third-order valence-corrected chi connectivity index (χ3v) is 11.9. The first-order chi connectivity index (χ1) is 20.1. The van der Waals surface area contributed by atoms with Gasteiger partial charge in [-0.05, 0) is 47.2 Å². The second kappa shape index (κ2) is 9.21. The Balaban J connectivity index is 1.39. The zero-order chi connectivity index (χ0) is 27.8. The summed E-state index contributed by atoms with van der Waals surface area (Å²) in [5, 5.41) is 25.8. The van der Waals surface area contributed by atoms with E-state index in [-0.39, 0.29) is 0 Å². The van der Waals surface area contributed by atoms with Gasteiger partial charge in [-0.25, -0.2) is 0 Å². The van der Waals surface area contributed by atoms with Gasteiger partial charge in [-0.1, -0.05) is 12.1 Å². The van der Waals surface area contributed by atoms with Gasteiger partial charge in [0, 0.05) is 44.4 Å². The molecule has 6 nitrogen and oxygen atoms in total. The molecule has 0 amide bonds. The molecule has 7 aromatic heterocycles. The number of hydrogen-bond acceptors (Lipinski definition) is 9. The first kappa shape index (κ1) is 24.7. The Morgan fingerprint density at radius 1 is 0.756 bits per heavy atom. The summed E-state index contributed by atoms with van der Waals surface area (Å²) in [4.78, 5) is 4.02. The van der Waals surface area contributed by atoms with Crippen LogP contribution in [-0.2, 0) is 14.1 Å². The molecule has 0 unspecified atom stereocenters. The number of aryl methyl sites for hydroxylation is 2. The molecule has 1 aromatic carbocycles. The largest absolute Gasteiger partial charge is 0.341 e. The van der Waals surface area contributed by atoms with Crippen LogP contribution < -0.4 is 0 Å². The van der Waals surface area contributed by atoms with Gasteiger partial charge < -0.3 is 9.13 Å². The van der Waals surface area contributed by atoms with Crippen LogP contribution >= 0.6 is 57.1 Å². The van der Waals surface area contributed by atoms with E-state index in [1.54, 1.807) is 45.3 Å². The molecule has 8 rings (SSSR count). The van der Waals surface area contributed by atoms with Crippen molar-refractivity contribution in [2.24, 2.45) is 14.1 Å². The predicted molar refractivity (Wildman–Crippen MR) is 177 cm³/mol. The highest BCUT2D eigenvalue weighted by Gasteiger charge is 2.26. The molecule has 0 aliphatic rings. The number of nitriles is 2. The molecule has 0 fully saturated rings. The van der Waals surface area contributed by atoms with Crippen LogP contribution in [-0.4, -0.2) is 17.9 Å². The summed E-state index contributed by atoms with van der Waals surface area (Å²) >= 11 is 7.77. The van der Waals surface area contributed by atoms with Crippen molar-refractivity contribution >= 4 is 134 Å². The van der Waals surface area contributed by atoms with Crippen LogP contribution in [0.1, 0.15) is 19.5 Å². The van der Waals surface area contributed by atoms with Crippen LogP contribution in [0.2, 0.25) is 0 Å². The van der Waals surface area contributed by atoms with Crippen LogP contribution in [0.4, 0.5) is 0 Å². The minimum Gasteiger partial charge on any atom is -0.341 e. The van der Waals surface area contributed by atoms with E-state index in [0.29, 0.717) is 11.1 Å². The van der Waals surface area contributed by atoms with E-state index in [2.05, 4.69) is 47.5 Å². The smallest absolute Gasteiger partial charge is 0.116 e. The third-order valence-electron chi connectivity index (χ3n) is 7.36. The maximum absolute atomic E-state index is 9.80. The second-order valence-electron chi connectivity index (χ2n) is 9.55. The molecule has 0 atom stereocenters. The summed E-state index contributed by atoms with van der Waals surface area (Å²) in [6.07, 6.45) is 3.97. The zero-order valence-corrected chi connectivity index (χ0v) is 25.6. The van der Waals surface area contributed by atoms with Gasteiger partial charge in [0.1, 0.15) is 23.2 Å². The van der Waals surface area contributed by atoms with Gasteiger partial charge in [0.25, 0.3) is 0 Å². The Morgan fingerprint density at radius 2 is 1.22 bits per heavy atom. The molecule has 7 heterocycles. The summed E-state index contributed by atoms with van der Waals surface area (Å²) in [7, 11) is 4.21. The van der Waals surface area contributed by atoms with E-state index in [1.807, 2.05) is 47.2 Å². The van der Waals surface area contributed by atoms with Crippen molar-refractivity contribution in [2.45, 2.75) is 0 Å². The standard InChI is InChI=1S/C30H16N6S5/c1-35-19-11-17(9-15(13-31)21-5-3-7-37-21)39-29(19)23-25-26(34-41-33-25)24-28(27(23)35)36(2)20-12-18(40-30(20)24)10-16(14-32)22-6-4-8-38-22/h3-12H,1-2H3/b15-9+,16-10+. The normalized spacial score (nSPS) is 12.9. The zero-order valence-electron chi connectivity index (χ0n) is 21.5. The van der Waals surface area contributed by atoms with E-state index in [0.717, 1.165) is 72.8 Å². The lowest BCUT2D eigenvalue weighted by molar-refractivity contribution is 0.987. The van der Waals surface area contributed by atoms with E-state index < -0.39 is 0 Å². The Labute approximate surface area is 253 Å². The Hall–Kier alpha value is -4.10. The fourth-order valence-electron chi connectivity index (χ4n) is 5.57. The molecule has 0 aliphatic carbocycles. The number of allylic oxidation sites excluding steroid dienone is 2. The predicted octanol–water partition coefficient (Wildman–Crippen LogP) is 9.36. The van der Waals surface area contributed by atoms with Gasteiger partial charge in [-0.3, -0.25) is 0 Å². The van der Waals surface area contributed by atoms with E-state index >= 15 is 0 Å². The molecule has 8 aromatic rings. The van der Waals surface area contributed by atoms with Crippen LogP contribution in [0.15, 0.2) is 47.2 Å². The van der Waals surface area contributed by atoms with Crippen LogP contribution in [0.5, 0.6) is 0 Å². The highest BCUT2D eigenvalue weighted by molar-refractivity contribution is 7.22. The maximum Gasteiger partial charge on any atom is 0.116 e. The van der Waals surface area contributed by atoms with Crippen LogP contribution in [0, 0.1) is 22.7 Å². The van der Waals surface area contributed by atoms with Crippen molar-refractivity contribution in [2.75, 3.05) is 0 Å². The molecule has 0 radical (unpaired) electrons. The minimum atomic E-state index is 0.671. The van der Waals surface area contributed by atoms with Crippen molar-refractivity contribution in [1.29, 1.82) is 10.5 Å². The summed E-state index contributed by atoms with van der Waals surface area (Å²) in [5.74, 6) is 0. The summed E-state index contributed by atoms with van der Waals surface area (Å²) in [6.45, 7) is 0. The molecule has 0 spiro atoms. The van der Waals surface area contributed by atoms with E-state index in [1.165, 1.54) is 11.7 Å². The lowest BCUT2D eigenvalue weighted by Gasteiger charge is -2.05. The third kappa shape index (κ3) is 3.54. The first-order valence-corrected chi connectivity index (χ1v) is 16.6. The molecular weight excluding hydrogens is 605 g/mol. The van der Waals surface area contributed by atoms with Crippen molar-refractivity contribution in [3.63, 3.8) is 0 Å². The monoisotopic (exact) mass is 620 g/mol. The number of benzene rings is 1. The molecule has 11 heteroatoms. The van der Waals surface area contributed by atoms with Gasteiger partial charge >= 0.3 is 0 Å². The van der Waals surface area contributed by atoms with Gasteiger partial charge in [-0.2, -0.15) is 19.3 Å². The van der Waals surface area contributed by atoms with Crippen molar-refractivity contribution < 1.29 is 0 Å². The number of hydrogen-bond donors (Lipinski definition) is 0. The van der Waals surface area contributed by atoms with Crippen LogP contribution in [0.3, 0.4) is 0 Å². The summed E-state index contributed by atoms with van der Waals surface area (Å²) in [6, 6.07) is 17.0. The molecule has 0 saturated carbocycles. The topological polar surface area (TPSA) is 83.2 Å². The quantitative estimate of drug-likeness (QED) is 0.184. The Morgan fingerprint density at radius 3 is 1.61 bits per heavy atom. The molecular formula is C30H16N6S5. The van der Waals surface area contributed by atoms with Crippen molar-refractivity contribution in [3.05, 3.63) is 66.7 Å². The molecule has 0 saturated heterocycles. The van der Waals surface area contributed by atoms with Crippen LogP contribution in [0.25, 0.3) is 76.6 Å². The average molecular weight is 621 g/mol. The number of rotatable bonds is 4.